The minimum absolute atomic E-state index is 0.102. The van der Waals surface area contributed by atoms with Crippen LogP contribution in [0.15, 0.2) is 87.5 Å². The third-order valence-corrected chi connectivity index (χ3v) is 8.77. The third kappa shape index (κ3) is 5.71. The number of carbonyl (C=O) groups is 3. The summed E-state index contributed by atoms with van der Waals surface area (Å²) in [5.74, 6) is -1.87. The van der Waals surface area contributed by atoms with E-state index in [1.165, 1.54) is 4.90 Å². The van der Waals surface area contributed by atoms with Gasteiger partial charge in [-0.1, -0.05) is 92.1 Å². The number of para-hydroxylation sites is 1. The second-order valence-electron chi connectivity index (χ2n) is 9.38. The number of ketones is 1. The molecule has 3 aromatic carbocycles. The molecule has 0 spiro atoms. The van der Waals surface area contributed by atoms with Crippen molar-refractivity contribution in [1.82, 2.24) is 4.90 Å². The van der Waals surface area contributed by atoms with Crippen molar-refractivity contribution < 1.29 is 19.5 Å². The average Bonchev–Trinajstić information content (AvgIpc) is 3.18. The van der Waals surface area contributed by atoms with Crippen molar-refractivity contribution in [3.8, 4) is 0 Å². The van der Waals surface area contributed by atoms with E-state index in [0.29, 0.717) is 10.5 Å². The number of aliphatic carboxylic acids is 1. The summed E-state index contributed by atoms with van der Waals surface area (Å²) in [7, 11) is 0. The molecule has 0 aliphatic carbocycles. The molecule has 0 radical (unpaired) electrons. The number of nitrogens with one attached hydrogen (secondary N) is 1. The first-order valence-corrected chi connectivity index (χ1v) is 14.3. The lowest BCUT2D eigenvalue weighted by Gasteiger charge is -2.26. The molecule has 5 rings (SSSR count). The van der Waals surface area contributed by atoms with Gasteiger partial charge < -0.3 is 10.4 Å². The quantitative estimate of drug-likeness (QED) is 0.138. The van der Waals surface area contributed by atoms with Gasteiger partial charge in [0.25, 0.3) is 5.91 Å². The number of nitrogens with zero attached hydrogens (tertiary/aromatic N) is 1. The van der Waals surface area contributed by atoms with Crippen LogP contribution in [-0.4, -0.2) is 38.0 Å². The lowest BCUT2D eigenvalue weighted by molar-refractivity contribution is -0.146. The van der Waals surface area contributed by atoms with Crippen LogP contribution in [0.3, 0.4) is 0 Å². The fourth-order valence-corrected chi connectivity index (χ4v) is 6.63. The number of carboxylic acids is 1. The largest absolute Gasteiger partial charge is 0.480 e. The Labute approximate surface area is 240 Å². The van der Waals surface area contributed by atoms with Crippen LogP contribution in [0.1, 0.15) is 35.3 Å². The molecule has 2 aliphatic rings. The van der Waals surface area contributed by atoms with Crippen molar-refractivity contribution in [2.45, 2.75) is 29.7 Å². The molecule has 1 amide bonds. The predicted molar refractivity (Wildman–Crippen MR) is 161 cm³/mol. The smallest absolute Gasteiger partial charge is 0.327 e. The highest BCUT2D eigenvalue weighted by molar-refractivity contribution is 8.26. The monoisotopic (exact) mass is 572 g/mol. The summed E-state index contributed by atoms with van der Waals surface area (Å²) in [6.45, 7) is 3.50. The Kier molecular flexibility index (Phi) is 7.74. The van der Waals surface area contributed by atoms with Gasteiger partial charge in [-0.2, -0.15) is 0 Å². The molecule has 6 nitrogen and oxygen atoms in total. The molecule has 0 saturated carbocycles. The fraction of sp³-hybridized carbons (Fsp3) is 0.133. The number of amides is 1. The Morgan fingerprint density at radius 1 is 0.949 bits per heavy atom. The molecule has 1 fully saturated rings. The van der Waals surface area contributed by atoms with Crippen molar-refractivity contribution in [3.05, 3.63) is 94.4 Å². The number of hydrogen-bond acceptors (Lipinski definition) is 7. The van der Waals surface area contributed by atoms with Crippen LogP contribution in [0.25, 0.3) is 12.2 Å². The van der Waals surface area contributed by atoms with E-state index in [-0.39, 0.29) is 16.0 Å². The lowest BCUT2D eigenvalue weighted by Crippen LogP contribution is -2.47. The van der Waals surface area contributed by atoms with E-state index in [4.69, 9.17) is 12.2 Å². The molecular formula is C30H24N2O4S3. The topological polar surface area (TPSA) is 86.7 Å². The van der Waals surface area contributed by atoms with Gasteiger partial charge >= 0.3 is 5.97 Å². The van der Waals surface area contributed by atoms with Gasteiger partial charge in [0.1, 0.15) is 10.4 Å². The number of rotatable bonds is 7. The normalized spacial score (nSPS) is 16.4. The van der Waals surface area contributed by atoms with Crippen molar-refractivity contribution in [3.63, 3.8) is 0 Å². The highest BCUT2D eigenvalue weighted by atomic mass is 32.2. The Morgan fingerprint density at radius 2 is 1.64 bits per heavy atom. The van der Waals surface area contributed by atoms with E-state index in [1.807, 2.05) is 60.7 Å². The minimum atomic E-state index is -1.08. The number of fused-ring (bicyclic) bond motifs is 2. The van der Waals surface area contributed by atoms with Gasteiger partial charge in [-0.05, 0) is 59.5 Å². The number of carbonyl (C=O) groups excluding carboxylic acids is 2. The van der Waals surface area contributed by atoms with Crippen LogP contribution in [0.2, 0.25) is 0 Å². The van der Waals surface area contributed by atoms with Crippen molar-refractivity contribution in [1.29, 1.82) is 0 Å². The number of carboxylic acid groups (broad SMARTS) is 1. The Morgan fingerprint density at radius 3 is 2.36 bits per heavy atom. The summed E-state index contributed by atoms with van der Waals surface area (Å²) >= 11 is 8.09. The van der Waals surface area contributed by atoms with Gasteiger partial charge in [-0.25, -0.2) is 4.79 Å². The van der Waals surface area contributed by atoms with E-state index in [2.05, 4.69) is 11.4 Å². The Balaban J connectivity index is 1.26. The summed E-state index contributed by atoms with van der Waals surface area (Å²) in [4.78, 5) is 41.3. The van der Waals surface area contributed by atoms with Gasteiger partial charge in [-0.3, -0.25) is 14.5 Å². The molecule has 9 heteroatoms. The zero-order valence-corrected chi connectivity index (χ0v) is 23.5. The molecule has 1 unspecified atom stereocenters. The number of benzene rings is 3. The number of hydrogen-bond donors (Lipinski definition) is 2. The first kappa shape index (κ1) is 26.9. The molecular weight excluding hydrogens is 549 g/mol. The van der Waals surface area contributed by atoms with Crippen LogP contribution in [0, 0.1) is 5.92 Å². The second kappa shape index (κ2) is 11.2. The van der Waals surface area contributed by atoms with Crippen LogP contribution >= 0.6 is 35.7 Å². The van der Waals surface area contributed by atoms with Gasteiger partial charge in [0.05, 0.1) is 16.3 Å². The molecule has 2 heterocycles. The number of thiocarbonyl (C=S) groups is 1. The molecule has 0 aromatic heterocycles. The summed E-state index contributed by atoms with van der Waals surface area (Å²) in [6, 6.07) is 20.1. The maximum absolute atomic E-state index is 12.9. The standard InChI is InChI=1S/C30H24N2O4S3/c1-17(2)27(29(35)36)32-28(34)26(39-30(32)37)15-19-9-7-18(8-10-19)11-13-23(33)20-12-14-25-22(16-20)31-21-5-3-4-6-24(21)38-25/h3-17,27,31H,1-2H3,(H,35,36)/b13-11+,26-15+. The molecule has 3 aromatic rings. The van der Waals surface area contributed by atoms with Crippen LogP contribution in [0.4, 0.5) is 11.4 Å². The van der Waals surface area contributed by atoms with Gasteiger partial charge in [0, 0.05) is 15.4 Å². The highest BCUT2D eigenvalue weighted by Gasteiger charge is 2.41. The first-order chi connectivity index (χ1) is 18.7. The summed E-state index contributed by atoms with van der Waals surface area (Å²) in [5, 5.41) is 13.0. The zero-order chi connectivity index (χ0) is 27.7. The van der Waals surface area contributed by atoms with E-state index in [0.717, 1.165) is 44.1 Å². The molecule has 1 atom stereocenters. The Hall–Kier alpha value is -3.66. The molecule has 1 saturated heterocycles. The molecule has 0 bridgehead atoms. The average molecular weight is 573 g/mol. The maximum atomic E-state index is 12.9. The van der Waals surface area contributed by atoms with Crippen LogP contribution in [0.5, 0.6) is 0 Å². The van der Waals surface area contributed by atoms with E-state index in [1.54, 1.807) is 43.8 Å². The Bertz CT molecular complexity index is 1560. The van der Waals surface area contributed by atoms with Gasteiger partial charge in [0.2, 0.25) is 0 Å². The summed E-state index contributed by atoms with van der Waals surface area (Å²) in [6.07, 6.45) is 5.00. The SMILES string of the molecule is CC(C)C(C(=O)O)N1C(=O)/C(=C\c2ccc(/C=C/C(=O)c3ccc4c(c3)Nc3ccccc3S4)cc2)SC1=S. The van der Waals surface area contributed by atoms with Crippen LogP contribution in [-0.2, 0) is 9.59 Å². The van der Waals surface area contributed by atoms with Crippen molar-refractivity contribution in [2.24, 2.45) is 5.92 Å². The fourth-order valence-electron chi connectivity index (χ4n) is 4.33. The lowest BCUT2D eigenvalue weighted by atomic mass is 10.0. The van der Waals surface area contributed by atoms with E-state index >= 15 is 0 Å². The molecule has 196 valence electrons. The number of thioether (sulfide) groups is 1. The molecule has 2 aliphatic heterocycles. The zero-order valence-electron chi connectivity index (χ0n) is 21.1. The predicted octanol–water partition coefficient (Wildman–Crippen LogP) is 7.10. The third-order valence-electron chi connectivity index (χ3n) is 6.29. The van der Waals surface area contributed by atoms with Gasteiger partial charge in [-0.15, -0.1) is 0 Å². The van der Waals surface area contributed by atoms with E-state index in [9.17, 15) is 19.5 Å². The summed E-state index contributed by atoms with van der Waals surface area (Å²) < 4.78 is 0.241. The van der Waals surface area contributed by atoms with Crippen molar-refractivity contribution in [2.75, 3.05) is 5.32 Å². The van der Waals surface area contributed by atoms with Crippen molar-refractivity contribution >= 4 is 81.2 Å². The van der Waals surface area contributed by atoms with Gasteiger partial charge in [0.15, 0.2) is 5.78 Å². The molecule has 2 N–H and O–H groups in total. The highest BCUT2D eigenvalue weighted by Crippen LogP contribution is 2.44. The number of anilines is 2. The van der Waals surface area contributed by atoms with Crippen LogP contribution < -0.4 is 5.32 Å². The first-order valence-electron chi connectivity index (χ1n) is 12.2. The second-order valence-corrected chi connectivity index (χ2v) is 12.1. The molecule has 39 heavy (non-hydrogen) atoms. The summed E-state index contributed by atoms with van der Waals surface area (Å²) in [5.41, 5.74) is 4.14. The number of allylic oxidation sites excluding steroid dienone is 1. The van der Waals surface area contributed by atoms with E-state index < -0.39 is 17.9 Å². The minimum Gasteiger partial charge on any atom is -0.480 e. The maximum Gasteiger partial charge on any atom is 0.327 e.